The van der Waals surface area contributed by atoms with Crippen molar-refractivity contribution in [2.45, 2.75) is 31.9 Å². The van der Waals surface area contributed by atoms with E-state index in [1.54, 1.807) is 0 Å². The van der Waals surface area contributed by atoms with E-state index in [2.05, 4.69) is 65.7 Å². The molecule has 5 rings (SSSR count). The molecule has 162 valence electrons. The number of hydroxylamine groups is 1. The fourth-order valence-electron chi connectivity index (χ4n) is 4.60. The lowest BCUT2D eigenvalue weighted by atomic mass is 9.87. The lowest BCUT2D eigenvalue weighted by molar-refractivity contribution is 0.0304. The van der Waals surface area contributed by atoms with Crippen LogP contribution < -0.4 is 5.06 Å². The van der Waals surface area contributed by atoms with Crippen LogP contribution in [0.15, 0.2) is 95.4 Å². The van der Waals surface area contributed by atoms with Gasteiger partial charge < -0.3 is 4.42 Å². The van der Waals surface area contributed by atoms with E-state index in [-0.39, 0.29) is 12.1 Å². The summed E-state index contributed by atoms with van der Waals surface area (Å²) < 4.78 is 6.39. The molecule has 1 aliphatic rings. The summed E-state index contributed by atoms with van der Waals surface area (Å²) in [7, 11) is 0. The second-order valence-corrected chi connectivity index (χ2v) is 8.45. The Hall–Kier alpha value is -3.01. The number of hydrogen-bond donors (Lipinski definition) is 0. The van der Waals surface area contributed by atoms with Crippen molar-refractivity contribution in [3.63, 3.8) is 0 Å². The van der Waals surface area contributed by atoms with E-state index < -0.39 is 0 Å². The molecule has 32 heavy (non-hydrogen) atoms. The van der Waals surface area contributed by atoms with Crippen molar-refractivity contribution in [2.24, 2.45) is 0 Å². The average Bonchev–Trinajstić information content (AvgIpc) is 3.19. The molecular weight excluding hydrogens is 418 g/mol. The number of fused-ring (bicyclic) bond motifs is 1. The van der Waals surface area contributed by atoms with Crippen LogP contribution in [-0.4, -0.2) is 5.88 Å². The standard InChI is InChI=1S/C28H26ClNO2/c1-20-25-26(24(31-20)18-11-19-29)27(21-12-5-2-6-13-21)30(23-16-9-4-10-17-23)32-28(25)22-14-7-3-8-15-22/h2-10,12-17,27-28H,11,18-19H2,1H3/t27-,28+/m1/s1. The van der Waals surface area contributed by atoms with Crippen LogP contribution in [0.25, 0.3) is 0 Å². The third-order valence-electron chi connectivity index (χ3n) is 6.00. The lowest BCUT2D eigenvalue weighted by Gasteiger charge is -2.41. The maximum Gasteiger partial charge on any atom is 0.139 e. The highest BCUT2D eigenvalue weighted by Gasteiger charge is 2.41. The molecule has 0 aliphatic carbocycles. The van der Waals surface area contributed by atoms with Crippen molar-refractivity contribution >= 4 is 17.3 Å². The van der Waals surface area contributed by atoms with E-state index in [1.165, 1.54) is 5.56 Å². The molecular formula is C28H26ClNO2. The monoisotopic (exact) mass is 443 g/mol. The van der Waals surface area contributed by atoms with E-state index in [0.29, 0.717) is 5.88 Å². The molecule has 0 saturated heterocycles. The van der Waals surface area contributed by atoms with Crippen LogP contribution in [-0.2, 0) is 11.3 Å². The molecule has 0 fully saturated rings. The smallest absolute Gasteiger partial charge is 0.139 e. The molecule has 0 saturated carbocycles. The molecule has 2 atom stereocenters. The Bertz CT molecular complexity index is 1160. The van der Waals surface area contributed by atoms with Gasteiger partial charge in [-0.3, -0.25) is 4.84 Å². The number of hydrogen-bond acceptors (Lipinski definition) is 3. The Morgan fingerprint density at radius 3 is 2.00 bits per heavy atom. The van der Waals surface area contributed by atoms with Gasteiger partial charge in [0.15, 0.2) is 0 Å². The molecule has 2 heterocycles. The van der Waals surface area contributed by atoms with Gasteiger partial charge in [0.2, 0.25) is 0 Å². The number of halogens is 1. The van der Waals surface area contributed by atoms with Crippen molar-refractivity contribution in [2.75, 3.05) is 10.9 Å². The number of anilines is 1. The maximum atomic E-state index is 6.80. The number of rotatable bonds is 6. The Morgan fingerprint density at radius 1 is 0.781 bits per heavy atom. The SMILES string of the molecule is Cc1oc(CCCCl)c2c1[C@H](c1ccccc1)ON(c1ccccc1)[C@@H]2c1ccccc1. The molecule has 0 radical (unpaired) electrons. The van der Waals surface area contributed by atoms with Gasteiger partial charge in [-0.2, -0.15) is 0 Å². The van der Waals surface area contributed by atoms with E-state index >= 15 is 0 Å². The fraction of sp³-hybridized carbons (Fsp3) is 0.214. The van der Waals surface area contributed by atoms with Crippen LogP contribution in [0.3, 0.4) is 0 Å². The number of aryl methyl sites for hydroxylation is 2. The number of nitrogens with zero attached hydrogens (tertiary/aromatic N) is 1. The van der Waals surface area contributed by atoms with E-state index in [4.69, 9.17) is 20.9 Å². The molecule has 0 bridgehead atoms. The topological polar surface area (TPSA) is 25.6 Å². The van der Waals surface area contributed by atoms with E-state index in [9.17, 15) is 0 Å². The predicted octanol–water partition coefficient (Wildman–Crippen LogP) is 7.39. The summed E-state index contributed by atoms with van der Waals surface area (Å²) in [5.41, 5.74) is 5.60. The first-order valence-corrected chi connectivity index (χ1v) is 11.6. The normalized spacial score (nSPS) is 17.9. The van der Waals surface area contributed by atoms with Crippen molar-refractivity contribution in [1.29, 1.82) is 0 Å². The highest BCUT2D eigenvalue weighted by molar-refractivity contribution is 6.17. The molecule has 0 amide bonds. The summed E-state index contributed by atoms with van der Waals surface area (Å²) in [6.45, 7) is 2.04. The zero-order chi connectivity index (χ0) is 21.9. The third kappa shape index (κ3) is 3.83. The number of furan rings is 1. The number of benzene rings is 3. The Kier molecular flexibility index (Phi) is 6.02. The summed E-state index contributed by atoms with van der Waals surface area (Å²) in [6.07, 6.45) is 1.41. The zero-order valence-electron chi connectivity index (χ0n) is 18.1. The molecule has 0 unspecified atom stereocenters. The number of alkyl halides is 1. The quantitative estimate of drug-likeness (QED) is 0.290. The van der Waals surface area contributed by atoms with Gasteiger partial charge in [-0.05, 0) is 36.6 Å². The summed E-state index contributed by atoms with van der Waals surface area (Å²) in [6, 6.07) is 31.1. The first-order chi connectivity index (χ1) is 15.8. The second-order valence-electron chi connectivity index (χ2n) is 8.07. The van der Waals surface area contributed by atoms with Crippen molar-refractivity contribution in [3.05, 3.63) is 125 Å². The molecule has 1 aliphatic heterocycles. The maximum absolute atomic E-state index is 6.80. The molecule has 3 aromatic carbocycles. The van der Waals surface area contributed by atoms with Gasteiger partial charge in [0.1, 0.15) is 23.7 Å². The molecule has 3 nitrogen and oxygen atoms in total. The van der Waals surface area contributed by atoms with Gasteiger partial charge in [-0.25, -0.2) is 5.06 Å². The summed E-state index contributed by atoms with van der Waals surface area (Å²) in [5, 5.41) is 2.05. The van der Waals surface area contributed by atoms with Crippen LogP contribution in [0, 0.1) is 6.92 Å². The minimum Gasteiger partial charge on any atom is -0.466 e. The van der Waals surface area contributed by atoms with Crippen molar-refractivity contribution in [3.8, 4) is 0 Å². The first-order valence-electron chi connectivity index (χ1n) is 11.1. The molecule has 4 heteroatoms. The largest absolute Gasteiger partial charge is 0.466 e. The Morgan fingerprint density at radius 2 is 1.38 bits per heavy atom. The molecule has 0 spiro atoms. The Labute approximate surface area is 194 Å². The van der Waals surface area contributed by atoms with E-state index in [1.807, 2.05) is 37.3 Å². The van der Waals surface area contributed by atoms with Gasteiger partial charge in [0.05, 0.1) is 5.69 Å². The van der Waals surface area contributed by atoms with Crippen LogP contribution in [0.1, 0.15) is 52.3 Å². The van der Waals surface area contributed by atoms with Gasteiger partial charge in [0, 0.05) is 23.4 Å². The van der Waals surface area contributed by atoms with Gasteiger partial charge in [-0.15, -0.1) is 11.6 Å². The Balaban J connectivity index is 1.75. The highest BCUT2D eigenvalue weighted by Crippen LogP contribution is 2.49. The minimum atomic E-state index is -0.250. The van der Waals surface area contributed by atoms with Gasteiger partial charge >= 0.3 is 0 Å². The molecule has 1 aromatic heterocycles. The minimum absolute atomic E-state index is 0.115. The van der Waals surface area contributed by atoms with Crippen molar-refractivity contribution < 1.29 is 9.25 Å². The average molecular weight is 444 g/mol. The fourth-order valence-corrected chi connectivity index (χ4v) is 4.73. The first kappa shape index (κ1) is 20.9. The third-order valence-corrected chi connectivity index (χ3v) is 6.27. The summed E-state index contributed by atoms with van der Waals surface area (Å²) >= 11 is 6.07. The number of para-hydroxylation sites is 1. The van der Waals surface area contributed by atoms with Crippen LogP contribution in [0.4, 0.5) is 5.69 Å². The molecule has 0 N–H and O–H groups in total. The van der Waals surface area contributed by atoms with Crippen LogP contribution in [0.5, 0.6) is 0 Å². The summed E-state index contributed by atoms with van der Waals surface area (Å²) in [5.74, 6) is 2.51. The highest BCUT2D eigenvalue weighted by atomic mass is 35.5. The van der Waals surface area contributed by atoms with E-state index in [0.717, 1.165) is 46.7 Å². The van der Waals surface area contributed by atoms with Crippen LogP contribution >= 0.6 is 11.6 Å². The van der Waals surface area contributed by atoms with Gasteiger partial charge in [0.25, 0.3) is 0 Å². The second kappa shape index (κ2) is 9.23. The zero-order valence-corrected chi connectivity index (χ0v) is 18.8. The molecule has 4 aromatic rings. The summed E-state index contributed by atoms with van der Waals surface area (Å²) in [4.78, 5) is 6.80. The van der Waals surface area contributed by atoms with Gasteiger partial charge in [-0.1, -0.05) is 78.9 Å². The van der Waals surface area contributed by atoms with Crippen LogP contribution in [0.2, 0.25) is 0 Å². The lowest BCUT2D eigenvalue weighted by Crippen LogP contribution is -2.37. The predicted molar refractivity (Wildman–Crippen MR) is 129 cm³/mol. The van der Waals surface area contributed by atoms with Crippen molar-refractivity contribution in [1.82, 2.24) is 0 Å².